The molecule has 1 amide bonds. The molecule has 0 atom stereocenters. The maximum absolute atomic E-state index is 12.5. The monoisotopic (exact) mass is 361 g/mol. The minimum atomic E-state index is -4.53. The highest BCUT2D eigenvalue weighted by Gasteiger charge is 2.32. The molecule has 0 aliphatic rings. The summed E-state index contributed by atoms with van der Waals surface area (Å²) in [6, 6.07) is 5.35. The van der Waals surface area contributed by atoms with E-state index in [1.807, 2.05) is 13.0 Å². The van der Waals surface area contributed by atoms with Crippen LogP contribution in [0.2, 0.25) is 0 Å². The normalized spacial score (nSPS) is 11.4. The first-order valence-corrected chi connectivity index (χ1v) is 7.54. The number of anilines is 1. The Bertz CT molecular complexity index is 948. The van der Waals surface area contributed by atoms with E-state index in [0.29, 0.717) is 5.69 Å². The Morgan fingerprint density at radius 1 is 1.19 bits per heavy atom. The van der Waals surface area contributed by atoms with Gasteiger partial charge in [0.15, 0.2) is 0 Å². The molecular weight excluding hydrogens is 347 g/mol. The van der Waals surface area contributed by atoms with Crippen molar-refractivity contribution in [1.29, 1.82) is 0 Å². The van der Waals surface area contributed by atoms with Crippen LogP contribution in [0.4, 0.5) is 18.9 Å². The van der Waals surface area contributed by atoms with Crippen LogP contribution >= 0.6 is 0 Å². The Hall–Kier alpha value is -3.23. The lowest BCUT2D eigenvalue weighted by molar-refractivity contribution is -0.141. The lowest BCUT2D eigenvalue weighted by Gasteiger charge is -2.09. The fraction of sp³-hybridized carbons (Fsp3) is 0.176. The van der Waals surface area contributed by atoms with E-state index in [9.17, 15) is 18.0 Å². The molecule has 26 heavy (non-hydrogen) atoms. The second kappa shape index (κ2) is 6.58. The van der Waals surface area contributed by atoms with Gasteiger partial charge in [-0.1, -0.05) is 0 Å². The molecule has 134 valence electrons. The van der Waals surface area contributed by atoms with E-state index >= 15 is 0 Å². The van der Waals surface area contributed by atoms with Gasteiger partial charge in [0.05, 0.1) is 35.8 Å². The van der Waals surface area contributed by atoms with Crippen molar-refractivity contribution in [2.75, 3.05) is 5.32 Å². The van der Waals surface area contributed by atoms with E-state index in [2.05, 4.69) is 20.3 Å². The zero-order valence-electron chi connectivity index (χ0n) is 13.9. The largest absolute Gasteiger partial charge is 0.433 e. The van der Waals surface area contributed by atoms with Crippen molar-refractivity contribution in [3.63, 3.8) is 0 Å². The molecule has 0 aliphatic heterocycles. The van der Waals surface area contributed by atoms with E-state index in [1.165, 1.54) is 0 Å². The zero-order valence-corrected chi connectivity index (χ0v) is 13.9. The Kier molecular flexibility index (Phi) is 4.45. The van der Waals surface area contributed by atoms with Crippen LogP contribution in [0.15, 0.2) is 43.0 Å². The number of aromatic nitrogens is 4. The van der Waals surface area contributed by atoms with Crippen LogP contribution in [0.1, 0.15) is 21.7 Å². The van der Waals surface area contributed by atoms with Crippen LogP contribution < -0.4 is 5.32 Å². The van der Waals surface area contributed by atoms with Gasteiger partial charge < -0.3 is 9.88 Å². The number of rotatable bonds is 3. The molecule has 3 rings (SSSR count). The van der Waals surface area contributed by atoms with Crippen LogP contribution in [-0.2, 0) is 13.2 Å². The molecule has 0 bridgehead atoms. The minimum Gasteiger partial charge on any atom is -0.332 e. The molecule has 0 aliphatic carbocycles. The Morgan fingerprint density at radius 3 is 2.54 bits per heavy atom. The molecule has 0 radical (unpaired) electrons. The fourth-order valence-electron chi connectivity index (χ4n) is 2.35. The number of carbonyl (C=O) groups excluding carboxylic acids is 1. The maximum Gasteiger partial charge on any atom is 0.433 e. The molecule has 0 saturated heterocycles. The number of nitrogens with one attached hydrogen (secondary N) is 1. The first-order chi connectivity index (χ1) is 12.2. The number of nitrogens with zero attached hydrogens (tertiary/aromatic N) is 4. The smallest absolute Gasteiger partial charge is 0.332 e. The summed E-state index contributed by atoms with van der Waals surface area (Å²) in [5, 5.41) is 2.50. The summed E-state index contributed by atoms with van der Waals surface area (Å²) < 4.78 is 39.4. The summed E-state index contributed by atoms with van der Waals surface area (Å²) in [6.45, 7) is 1.82. The summed E-state index contributed by atoms with van der Waals surface area (Å²) in [5.74, 6) is -0.543. The van der Waals surface area contributed by atoms with Gasteiger partial charge in [-0.3, -0.25) is 4.79 Å². The van der Waals surface area contributed by atoms with Crippen LogP contribution in [0.5, 0.6) is 0 Å². The molecule has 0 spiro atoms. The number of hydrogen-bond acceptors (Lipinski definition) is 4. The van der Waals surface area contributed by atoms with Gasteiger partial charge in [0, 0.05) is 7.05 Å². The second-order valence-corrected chi connectivity index (χ2v) is 5.69. The van der Waals surface area contributed by atoms with Crippen molar-refractivity contribution >= 4 is 11.6 Å². The van der Waals surface area contributed by atoms with E-state index in [4.69, 9.17) is 0 Å². The lowest BCUT2D eigenvalue weighted by atomic mass is 10.1. The first kappa shape index (κ1) is 17.6. The van der Waals surface area contributed by atoms with Gasteiger partial charge in [-0.2, -0.15) is 13.2 Å². The number of pyridine rings is 2. The molecular formula is C17H14F3N5O. The summed E-state index contributed by atoms with van der Waals surface area (Å²) in [7, 11) is 1.81. The van der Waals surface area contributed by atoms with E-state index in [1.54, 1.807) is 30.2 Å². The number of aryl methyl sites for hydroxylation is 2. The number of hydrogen-bond donors (Lipinski definition) is 1. The Balaban J connectivity index is 1.84. The van der Waals surface area contributed by atoms with Gasteiger partial charge >= 0.3 is 6.18 Å². The molecule has 0 unspecified atom stereocenters. The predicted molar refractivity (Wildman–Crippen MR) is 88.4 cm³/mol. The van der Waals surface area contributed by atoms with E-state index < -0.39 is 17.8 Å². The molecule has 1 N–H and O–H groups in total. The van der Waals surface area contributed by atoms with Crippen molar-refractivity contribution < 1.29 is 18.0 Å². The third-order valence-corrected chi connectivity index (χ3v) is 3.59. The highest BCUT2D eigenvalue weighted by atomic mass is 19.4. The number of imidazole rings is 1. The van der Waals surface area contributed by atoms with Crippen molar-refractivity contribution in [3.05, 3.63) is 59.9 Å². The first-order valence-electron chi connectivity index (χ1n) is 7.54. The Morgan fingerprint density at radius 2 is 1.96 bits per heavy atom. The number of carbonyl (C=O) groups is 1. The number of halogens is 3. The zero-order chi connectivity index (χ0) is 18.9. The average Bonchev–Trinajstić information content (AvgIpc) is 3.00. The second-order valence-electron chi connectivity index (χ2n) is 5.69. The number of amides is 1. The molecule has 9 heteroatoms. The SMILES string of the molecule is Cc1cc(C(=O)Nc2ccc(C(F)(F)F)nc2)nc(-c2cncn2C)c1. The van der Waals surface area contributed by atoms with Gasteiger partial charge in [0.2, 0.25) is 0 Å². The summed E-state index contributed by atoms with van der Waals surface area (Å²) >= 11 is 0. The van der Waals surface area contributed by atoms with E-state index in [-0.39, 0.29) is 11.4 Å². The predicted octanol–water partition coefficient (Wildman–Crippen LogP) is 3.46. The lowest BCUT2D eigenvalue weighted by Crippen LogP contribution is -2.15. The number of alkyl halides is 3. The molecule has 3 heterocycles. The highest BCUT2D eigenvalue weighted by Crippen LogP contribution is 2.28. The Labute approximate surface area is 146 Å². The molecule has 3 aromatic heterocycles. The van der Waals surface area contributed by atoms with Gasteiger partial charge in [0.1, 0.15) is 11.4 Å². The van der Waals surface area contributed by atoms with Crippen LogP contribution in [0, 0.1) is 6.92 Å². The van der Waals surface area contributed by atoms with Crippen molar-refractivity contribution in [2.24, 2.45) is 7.05 Å². The van der Waals surface area contributed by atoms with Crippen molar-refractivity contribution in [3.8, 4) is 11.4 Å². The topological polar surface area (TPSA) is 72.7 Å². The van der Waals surface area contributed by atoms with Gasteiger partial charge in [0.25, 0.3) is 5.91 Å². The fourth-order valence-corrected chi connectivity index (χ4v) is 2.35. The molecule has 0 saturated carbocycles. The summed E-state index contributed by atoms with van der Waals surface area (Å²) in [6.07, 6.45) is -0.326. The average molecular weight is 361 g/mol. The third-order valence-electron chi connectivity index (χ3n) is 3.59. The summed E-state index contributed by atoms with van der Waals surface area (Å²) in [4.78, 5) is 24.1. The van der Waals surface area contributed by atoms with E-state index in [0.717, 1.165) is 29.6 Å². The molecule has 0 aromatic carbocycles. The quantitative estimate of drug-likeness (QED) is 0.775. The highest BCUT2D eigenvalue weighted by molar-refractivity contribution is 6.03. The molecule has 6 nitrogen and oxygen atoms in total. The van der Waals surface area contributed by atoms with Crippen LogP contribution in [0.25, 0.3) is 11.4 Å². The molecule has 0 fully saturated rings. The van der Waals surface area contributed by atoms with Crippen molar-refractivity contribution in [2.45, 2.75) is 13.1 Å². The summed E-state index contributed by atoms with van der Waals surface area (Å²) in [5.41, 5.74) is 1.38. The standard InChI is InChI=1S/C17H14F3N5O/c1-10-5-12(14-8-21-9-25(14)2)24-13(6-10)16(26)23-11-3-4-15(22-7-11)17(18,19)20/h3-9H,1-2H3,(H,23,26). The maximum atomic E-state index is 12.5. The van der Waals surface area contributed by atoms with Gasteiger partial charge in [-0.25, -0.2) is 15.0 Å². The van der Waals surface area contributed by atoms with Gasteiger partial charge in [-0.15, -0.1) is 0 Å². The molecule has 3 aromatic rings. The van der Waals surface area contributed by atoms with Gasteiger partial charge in [-0.05, 0) is 36.8 Å². The van der Waals surface area contributed by atoms with Crippen LogP contribution in [0.3, 0.4) is 0 Å². The minimum absolute atomic E-state index is 0.140. The van der Waals surface area contributed by atoms with Crippen molar-refractivity contribution in [1.82, 2.24) is 19.5 Å². The third kappa shape index (κ3) is 3.71. The van der Waals surface area contributed by atoms with Crippen LogP contribution in [-0.4, -0.2) is 25.4 Å².